The van der Waals surface area contributed by atoms with Crippen LogP contribution in [0.3, 0.4) is 0 Å². The van der Waals surface area contributed by atoms with E-state index in [-0.39, 0.29) is 12.4 Å². The number of unbranched alkanes of at least 4 members (excludes halogenated alkanes) is 13. The number of rotatable bonds is 19. The summed E-state index contributed by atoms with van der Waals surface area (Å²) in [4.78, 5) is 0. The van der Waals surface area contributed by atoms with E-state index in [0.717, 1.165) is 12.8 Å². The van der Waals surface area contributed by atoms with Gasteiger partial charge in [0.15, 0.2) is 0 Å². The standard InChI is InChI=1S/C18H38O5S2/c1-2-3-4-5-6-7-8-9-10-11-12-13-14-15-17-24(19)18-16-23-25(20,21)22/h2-18H2,1H3,(H,20,21,22). The number of hydrogen-bond acceptors (Lipinski definition) is 4. The molecule has 0 fully saturated rings. The van der Waals surface area contributed by atoms with Crippen LogP contribution in [0.1, 0.15) is 96.8 Å². The van der Waals surface area contributed by atoms with E-state index in [9.17, 15) is 13.0 Å². The second-order valence-corrected chi connectivity index (χ2v) is 9.48. The van der Waals surface area contributed by atoms with Gasteiger partial charge < -0.3 is 4.55 Å². The maximum Gasteiger partial charge on any atom is 0.397 e. The molecule has 7 heteroatoms. The third-order valence-corrected chi connectivity index (χ3v) is 6.10. The van der Waals surface area contributed by atoms with Gasteiger partial charge in [-0.05, 0) is 12.8 Å². The monoisotopic (exact) mass is 398 g/mol. The van der Waals surface area contributed by atoms with Gasteiger partial charge in [-0.25, -0.2) is 4.18 Å². The first-order valence-electron chi connectivity index (χ1n) is 9.92. The van der Waals surface area contributed by atoms with Crippen LogP contribution < -0.4 is 0 Å². The normalized spacial score (nSPS) is 13.2. The van der Waals surface area contributed by atoms with Crippen LogP contribution >= 0.6 is 0 Å². The molecule has 0 saturated heterocycles. The SMILES string of the molecule is CCCCCCCCCCCCCCCC[S+]([O-])CCOS(=O)(=O)O. The molecule has 0 amide bonds. The Morgan fingerprint density at radius 2 is 1.16 bits per heavy atom. The minimum absolute atomic E-state index is 0.151. The Bertz CT molecular complexity index is 374. The van der Waals surface area contributed by atoms with Crippen LogP contribution in [0.5, 0.6) is 0 Å². The highest BCUT2D eigenvalue weighted by Gasteiger charge is 2.10. The van der Waals surface area contributed by atoms with Gasteiger partial charge in [0.2, 0.25) is 0 Å². The van der Waals surface area contributed by atoms with E-state index in [4.69, 9.17) is 4.55 Å². The Morgan fingerprint density at radius 1 is 0.760 bits per heavy atom. The Hall–Kier alpha value is 0.180. The highest BCUT2D eigenvalue weighted by atomic mass is 32.3. The molecule has 0 aliphatic heterocycles. The van der Waals surface area contributed by atoms with Crippen molar-refractivity contribution in [3.05, 3.63) is 0 Å². The van der Waals surface area contributed by atoms with Crippen molar-refractivity contribution in [1.82, 2.24) is 0 Å². The Labute approximate surface area is 158 Å². The lowest BCUT2D eigenvalue weighted by atomic mass is 10.0. The molecule has 0 spiro atoms. The molecule has 0 aliphatic rings. The smallest absolute Gasteiger partial charge is 0.397 e. The maximum atomic E-state index is 11.6. The molecule has 0 rings (SSSR count). The van der Waals surface area contributed by atoms with Crippen molar-refractivity contribution in [2.24, 2.45) is 0 Å². The van der Waals surface area contributed by atoms with Crippen LogP contribution in [-0.2, 0) is 25.8 Å². The molecule has 1 N–H and O–H groups in total. The first kappa shape index (κ1) is 25.2. The highest BCUT2D eigenvalue weighted by molar-refractivity contribution is 7.91. The average Bonchev–Trinajstić information content (AvgIpc) is 2.54. The fourth-order valence-electron chi connectivity index (χ4n) is 2.79. The lowest BCUT2D eigenvalue weighted by Gasteiger charge is -2.10. The summed E-state index contributed by atoms with van der Waals surface area (Å²) in [6, 6.07) is 0. The summed E-state index contributed by atoms with van der Waals surface area (Å²) in [5.74, 6) is 0.727. The molecule has 25 heavy (non-hydrogen) atoms. The zero-order valence-corrected chi connectivity index (χ0v) is 17.6. The van der Waals surface area contributed by atoms with Crippen molar-refractivity contribution >= 4 is 21.6 Å². The summed E-state index contributed by atoms with van der Waals surface area (Å²) >= 11 is -1.07. The molecule has 0 heterocycles. The molecule has 0 aromatic rings. The van der Waals surface area contributed by atoms with Gasteiger partial charge in [0.1, 0.15) is 18.1 Å². The lowest BCUT2D eigenvalue weighted by molar-refractivity contribution is 0.284. The van der Waals surface area contributed by atoms with E-state index in [0.29, 0.717) is 5.75 Å². The molecule has 0 saturated carbocycles. The van der Waals surface area contributed by atoms with Crippen molar-refractivity contribution in [2.75, 3.05) is 18.1 Å². The highest BCUT2D eigenvalue weighted by Crippen LogP contribution is 2.13. The van der Waals surface area contributed by atoms with E-state index < -0.39 is 21.6 Å². The van der Waals surface area contributed by atoms with Gasteiger partial charge in [0.05, 0.1) is 0 Å². The Balaban J connectivity index is 3.18. The minimum Gasteiger partial charge on any atom is -0.616 e. The van der Waals surface area contributed by atoms with Crippen molar-refractivity contribution < 1.29 is 21.7 Å². The Kier molecular flexibility index (Phi) is 17.7. The van der Waals surface area contributed by atoms with Crippen molar-refractivity contribution in [2.45, 2.75) is 96.8 Å². The van der Waals surface area contributed by atoms with Crippen LogP contribution in [0.15, 0.2) is 0 Å². The first-order chi connectivity index (χ1) is 12.0. The van der Waals surface area contributed by atoms with Crippen molar-refractivity contribution in [3.63, 3.8) is 0 Å². The minimum atomic E-state index is -4.40. The third kappa shape index (κ3) is 22.1. The molecule has 0 aromatic carbocycles. The third-order valence-electron chi connectivity index (χ3n) is 4.27. The van der Waals surface area contributed by atoms with Crippen LogP contribution in [0, 0.1) is 0 Å². The fraction of sp³-hybridized carbons (Fsp3) is 1.00. The number of hydrogen-bond donors (Lipinski definition) is 1. The maximum absolute atomic E-state index is 11.6. The summed E-state index contributed by atoms with van der Waals surface area (Å²) < 4.78 is 44.8. The molecule has 0 radical (unpaired) electrons. The van der Waals surface area contributed by atoms with E-state index in [1.807, 2.05) is 0 Å². The van der Waals surface area contributed by atoms with E-state index in [1.54, 1.807) is 0 Å². The average molecular weight is 399 g/mol. The first-order valence-corrected chi connectivity index (χ1v) is 12.8. The Morgan fingerprint density at radius 3 is 1.56 bits per heavy atom. The molecule has 5 nitrogen and oxygen atoms in total. The molecule has 0 aromatic heterocycles. The van der Waals surface area contributed by atoms with E-state index in [1.165, 1.54) is 77.0 Å². The van der Waals surface area contributed by atoms with Crippen molar-refractivity contribution in [1.29, 1.82) is 0 Å². The second kappa shape index (κ2) is 17.6. The summed E-state index contributed by atoms with van der Waals surface area (Å²) in [6.45, 7) is 2.03. The second-order valence-electron chi connectivity index (χ2n) is 6.69. The molecule has 1 unspecified atom stereocenters. The predicted molar refractivity (Wildman–Crippen MR) is 106 cm³/mol. The fourth-order valence-corrected chi connectivity index (χ4v) is 4.19. The zero-order valence-electron chi connectivity index (χ0n) is 15.9. The predicted octanol–water partition coefficient (Wildman–Crippen LogP) is 5.04. The molecule has 1 atom stereocenters. The molecule has 152 valence electrons. The van der Waals surface area contributed by atoms with Gasteiger partial charge in [-0.2, -0.15) is 8.42 Å². The quantitative estimate of drug-likeness (QED) is 0.187. The largest absolute Gasteiger partial charge is 0.616 e. The van der Waals surface area contributed by atoms with Crippen molar-refractivity contribution in [3.8, 4) is 0 Å². The van der Waals surface area contributed by atoms with Gasteiger partial charge in [0, 0.05) is 0 Å². The van der Waals surface area contributed by atoms with Gasteiger partial charge >= 0.3 is 10.4 Å². The van der Waals surface area contributed by atoms with Crippen LogP contribution in [0.2, 0.25) is 0 Å². The lowest BCUT2D eigenvalue weighted by Crippen LogP contribution is -2.17. The topological polar surface area (TPSA) is 86.7 Å². The van der Waals surface area contributed by atoms with Gasteiger partial charge in [0.25, 0.3) is 0 Å². The summed E-state index contributed by atoms with van der Waals surface area (Å²) in [7, 11) is -4.40. The summed E-state index contributed by atoms with van der Waals surface area (Å²) in [5, 5.41) is 0. The zero-order chi connectivity index (χ0) is 18.8. The molecule has 0 aliphatic carbocycles. The van der Waals surface area contributed by atoms with E-state index in [2.05, 4.69) is 11.1 Å². The summed E-state index contributed by atoms with van der Waals surface area (Å²) in [6.07, 6.45) is 18.0. The van der Waals surface area contributed by atoms with E-state index >= 15 is 0 Å². The molecular formula is C18H38O5S2. The van der Waals surface area contributed by atoms with Gasteiger partial charge in [-0.1, -0.05) is 95.1 Å². The molecular weight excluding hydrogens is 360 g/mol. The van der Waals surface area contributed by atoms with Gasteiger partial charge in [-0.15, -0.1) is 0 Å². The molecule has 0 bridgehead atoms. The summed E-state index contributed by atoms with van der Waals surface area (Å²) in [5.41, 5.74) is 0. The van der Waals surface area contributed by atoms with Crippen LogP contribution in [0.4, 0.5) is 0 Å². The van der Waals surface area contributed by atoms with Crippen LogP contribution in [0.25, 0.3) is 0 Å². The van der Waals surface area contributed by atoms with Crippen LogP contribution in [-0.4, -0.2) is 35.6 Å². The van der Waals surface area contributed by atoms with Gasteiger partial charge in [-0.3, -0.25) is 4.55 Å².